The predicted octanol–water partition coefficient (Wildman–Crippen LogP) is 3.27. The second-order valence-electron chi connectivity index (χ2n) is 7.25. The molecule has 0 aromatic carbocycles. The zero-order valence-corrected chi connectivity index (χ0v) is 13.0. The minimum Gasteiger partial charge on any atom is -0.391 e. The van der Waals surface area contributed by atoms with Crippen LogP contribution in [0, 0.1) is 17.3 Å². The molecule has 0 saturated heterocycles. The van der Waals surface area contributed by atoms with Crippen molar-refractivity contribution in [1.29, 1.82) is 0 Å². The van der Waals surface area contributed by atoms with E-state index in [4.69, 9.17) is 0 Å². The molecule has 0 radical (unpaired) electrons. The lowest BCUT2D eigenvalue weighted by molar-refractivity contribution is -0.184. The zero-order chi connectivity index (χ0) is 16.3. The van der Waals surface area contributed by atoms with Crippen molar-refractivity contribution in [2.24, 2.45) is 17.3 Å². The van der Waals surface area contributed by atoms with E-state index >= 15 is 0 Å². The number of carbonyl (C=O) groups is 1. The first-order valence-corrected chi connectivity index (χ1v) is 7.51. The molecule has 1 aliphatic carbocycles. The number of aliphatic hydroxyl groups excluding tert-OH is 1. The van der Waals surface area contributed by atoms with Crippen molar-refractivity contribution >= 4 is 5.91 Å². The van der Waals surface area contributed by atoms with Gasteiger partial charge in [0.25, 0.3) is 0 Å². The van der Waals surface area contributed by atoms with Gasteiger partial charge in [-0.1, -0.05) is 20.8 Å². The van der Waals surface area contributed by atoms with Crippen LogP contribution in [-0.4, -0.2) is 29.8 Å². The van der Waals surface area contributed by atoms with Crippen LogP contribution in [0.2, 0.25) is 0 Å². The smallest absolute Gasteiger partial charge is 0.391 e. The van der Waals surface area contributed by atoms with Gasteiger partial charge in [-0.05, 0) is 37.5 Å². The highest BCUT2D eigenvalue weighted by Gasteiger charge is 2.42. The number of aliphatic hydroxyl groups is 1. The van der Waals surface area contributed by atoms with Crippen molar-refractivity contribution in [3.63, 3.8) is 0 Å². The third kappa shape index (κ3) is 6.68. The molecule has 0 aliphatic heterocycles. The highest BCUT2D eigenvalue weighted by Crippen LogP contribution is 2.39. The average molecular weight is 309 g/mol. The van der Waals surface area contributed by atoms with Crippen LogP contribution in [0.5, 0.6) is 0 Å². The molecule has 124 valence electrons. The highest BCUT2D eigenvalue weighted by molar-refractivity contribution is 5.78. The number of hydrogen-bond donors (Lipinski definition) is 2. The first-order valence-electron chi connectivity index (χ1n) is 7.51. The van der Waals surface area contributed by atoms with Gasteiger partial charge in [-0.25, -0.2) is 0 Å². The minimum absolute atomic E-state index is 0.0200. The Morgan fingerprint density at radius 3 is 2.14 bits per heavy atom. The molecule has 0 heterocycles. The van der Waals surface area contributed by atoms with Crippen LogP contribution in [0.1, 0.15) is 52.9 Å². The first kappa shape index (κ1) is 18.3. The molecular weight excluding hydrogens is 283 g/mol. The van der Waals surface area contributed by atoms with E-state index in [0.717, 1.165) is 0 Å². The Kier molecular flexibility index (Phi) is 6.08. The van der Waals surface area contributed by atoms with Gasteiger partial charge in [-0.15, -0.1) is 0 Å². The molecule has 1 amide bonds. The Labute approximate surface area is 124 Å². The van der Waals surface area contributed by atoms with Crippen LogP contribution < -0.4 is 5.32 Å². The molecule has 1 atom stereocenters. The summed E-state index contributed by atoms with van der Waals surface area (Å²) in [6, 6.07) is 0. The monoisotopic (exact) mass is 309 g/mol. The second kappa shape index (κ2) is 6.99. The van der Waals surface area contributed by atoms with Crippen molar-refractivity contribution in [3.05, 3.63) is 0 Å². The summed E-state index contributed by atoms with van der Waals surface area (Å²) in [5, 5.41) is 12.5. The predicted molar refractivity (Wildman–Crippen MR) is 74.6 cm³/mol. The van der Waals surface area contributed by atoms with Crippen LogP contribution in [0.15, 0.2) is 0 Å². The summed E-state index contributed by atoms with van der Waals surface area (Å²) in [5.74, 6) is -1.86. The molecule has 0 bridgehead atoms. The van der Waals surface area contributed by atoms with Gasteiger partial charge in [-0.3, -0.25) is 4.79 Å². The zero-order valence-electron chi connectivity index (χ0n) is 13.0. The minimum atomic E-state index is -4.15. The summed E-state index contributed by atoms with van der Waals surface area (Å²) in [6.45, 7) is 6.15. The lowest BCUT2D eigenvalue weighted by Crippen LogP contribution is -2.39. The second-order valence-corrected chi connectivity index (χ2v) is 7.25. The van der Waals surface area contributed by atoms with Gasteiger partial charge in [0.2, 0.25) is 5.91 Å². The summed E-state index contributed by atoms with van der Waals surface area (Å²) in [6.07, 6.45) is -3.63. The van der Waals surface area contributed by atoms with Gasteiger partial charge in [0.1, 0.15) is 0 Å². The topological polar surface area (TPSA) is 49.3 Å². The third-order valence-electron chi connectivity index (χ3n) is 3.92. The highest BCUT2D eigenvalue weighted by atomic mass is 19.4. The molecule has 1 unspecified atom stereocenters. The summed E-state index contributed by atoms with van der Waals surface area (Å²) in [5.41, 5.74) is -0.0328. The van der Waals surface area contributed by atoms with Crippen LogP contribution in [-0.2, 0) is 4.79 Å². The number of rotatable bonds is 4. The van der Waals surface area contributed by atoms with Crippen LogP contribution in [0.4, 0.5) is 13.2 Å². The van der Waals surface area contributed by atoms with Crippen LogP contribution in [0.25, 0.3) is 0 Å². The molecular formula is C15H26F3NO2. The summed E-state index contributed by atoms with van der Waals surface area (Å²) >= 11 is 0. The van der Waals surface area contributed by atoms with Crippen molar-refractivity contribution in [2.45, 2.75) is 65.2 Å². The van der Waals surface area contributed by atoms with Crippen molar-refractivity contribution in [1.82, 2.24) is 5.32 Å². The van der Waals surface area contributed by atoms with E-state index in [1.807, 2.05) is 20.8 Å². The fourth-order valence-corrected chi connectivity index (χ4v) is 2.82. The Morgan fingerprint density at radius 2 is 1.71 bits per heavy atom. The summed E-state index contributed by atoms with van der Waals surface area (Å²) < 4.78 is 37.6. The number of amides is 1. The molecule has 2 N–H and O–H groups in total. The lowest BCUT2D eigenvalue weighted by atomic mass is 9.81. The van der Waals surface area contributed by atoms with Crippen molar-refractivity contribution < 1.29 is 23.1 Å². The molecule has 0 aromatic heterocycles. The third-order valence-corrected chi connectivity index (χ3v) is 3.92. The Hall–Kier alpha value is -0.780. The maximum atomic E-state index is 12.5. The molecule has 21 heavy (non-hydrogen) atoms. The van der Waals surface area contributed by atoms with Gasteiger partial charge in [0.15, 0.2) is 0 Å². The van der Waals surface area contributed by atoms with E-state index in [-0.39, 0.29) is 49.5 Å². The molecule has 1 fully saturated rings. The van der Waals surface area contributed by atoms with Gasteiger partial charge in [0, 0.05) is 12.5 Å². The molecule has 0 aromatic rings. The van der Waals surface area contributed by atoms with E-state index in [2.05, 4.69) is 5.32 Å². The Balaban J connectivity index is 2.32. The summed E-state index contributed by atoms with van der Waals surface area (Å²) in [4.78, 5) is 11.9. The van der Waals surface area contributed by atoms with Gasteiger partial charge in [-0.2, -0.15) is 13.2 Å². The number of nitrogens with one attached hydrogen (secondary N) is 1. The van der Waals surface area contributed by atoms with Crippen molar-refractivity contribution in [3.8, 4) is 0 Å². The van der Waals surface area contributed by atoms with E-state index < -0.39 is 18.2 Å². The maximum absolute atomic E-state index is 12.5. The molecule has 6 heteroatoms. The molecule has 1 rings (SSSR count). The number of alkyl halides is 3. The van der Waals surface area contributed by atoms with Crippen LogP contribution >= 0.6 is 0 Å². The SMILES string of the molecule is CC(C)(C)CC(O)CNC(=O)C1CCC(C(F)(F)F)CC1. The van der Waals surface area contributed by atoms with E-state index in [1.165, 1.54) is 0 Å². The number of hydrogen-bond acceptors (Lipinski definition) is 2. The molecule has 0 spiro atoms. The first-order chi connectivity index (χ1) is 9.49. The number of carbonyl (C=O) groups excluding carboxylic acids is 1. The fourth-order valence-electron chi connectivity index (χ4n) is 2.82. The Bertz CT molecular complexity index is 342. The quantitative estimate of drug-likeness (QED) is 0.837. The standard InChI is InChI=1S/C15H26F3NO2/c1-14(2,3)8-12(20)9-19-13(21)10-4-6-11(7-5-10)15(16,17)18/h10-12,20H,4-9H2,1-3H3,(H,19,21). The fraction of sp³-hybridized carbons (Fsp3) is 0.933. The van der Waals surface area contributed by atoms with E-state index in [1.54, 1.807) is 0 Å². The Morgan fingerprint density at radius 1 is 1.19 bits per heavy atom. The average Bonchev–Trinajstić information content (AvgIpc) is 2.33. The van der Waals surface area contributed by atoms with E-state index in [9.17, 15) is 23.1 Å². The normalized spacial score (nSPS) is 25.5. The molecule has 3 nitrogen and oxygen atoms in total. The largest absolute Gasteiger partial charge is 0.391 e. The van der Waals surface area contributed by atoms with Crippen molar-refractivity contribution in [2.75, 3.05) is 6.54 Å². The van der Waals surface area contributed by atoms with Gasteiger partial charge in [0.05, 0.1) is 12.0 Å². The van der Waals surface area contributed by atoms with Gasteiger partial charge < -0.3 is 10.4 Å². The lowest BCUT2D eigenvalue weighted by Gasteiger charge is -2.29. The summed E-state index contributed by atoms with van der Waals surface area (Å²) in [7, 11) is 0. The molecule has 1 aliphatic rings. The maximum Gasteiger partial charge on any atom is 0.391 e. The number of halogens is 3. The molecule has 1 saturated carbocycles. The van der Waals surface area contributed by atoms with E-state index in [0.29, 0.717) is 6.42 Å². The van der Waals surface area contributed by atoms with Gasteiger partial charge >= 0.3 is 6.18 Å². The van der Waals surface area contributed by atoms with Crippen LogP contribution in [0.3, 0.4) is 0 Å².